The van der Waals surface area contributed by atoms with Crippen molar-refractivity contribution in [1.29, 1.82) is 0 Å². The highest BCUT2D eigenvalue weighted by molar-refractivity contribution is 5.94. The Kier molecular flexibility index (Phi) is 34.4. The van der Waals surface area contributed by atoms with E-state index in [2.05, 4.69) is 43.5 Å². The summed E-state index contributed by atoms with van der Waals surface area (Å²) in [5.41, 5.74) is 0. The zero-order chi connectivity index (χ0) is 35.3. The summed E-state index contributed by atoms with van der Waals surface area (Å²) in [4.78, 5) is 48.6. The Morgan fingerprint density at radius 1 is 0.521 bits per heavy atom. The van der Waals surface area contributed by atoms with Gasteiger partial charge in [-0.25, -0.2) is 0 Å². The van der Waals surface area contributed by atoms with Gasteiger partial charge in [0, 0.05) is 31.7 Å². The Balaban J connectivity index is 4.16. The predicted molar refractivity (Wildman–Crippen MR) is 202 cm³/mol. The maximum absolute atomic E-state index is 13.0. The Hall–Kier alpha value is -2.24. The first-order chi connectivity index (χ1) is 23.4. The summed E-state index contributed by atoms with van der Waals surface area (Å²) in [5, 5.41) is 11.5. The molecule has 0 aromatic heterocycles. The lowest BCUT2D eigenvalue weighted by Crippen LogP contribution is -2.35. The molecular weight excluding hydrogens is 598 g/mol. The van der Waals surface area contributed by atoms with Gasteiger partial charge in [-0.05, 0) is 64.2 Å². The molecule has 6 heteroatoms. The van der Waals surface area contributed by atoms with Crippen molar-refractivity contribution < 1.29 is 24.3 Å². The van der Waals surface area contributed by atoms with E-state index in [9.17, 15) is 19.2 Å². The molecule has 278 valence electrons. The van der Waals surface area contributed by atoms with Gasteiger partial charge in [0.25, 0.3) is 0 Å². The first-order valence-electron chi connectivity index (χ1n) is 20.2. The third kappa shape index (κ3) is 33.7. The van der Waals surface area contributed by atoms with E-state index in [-0.39, 0.29) is 24.5 Å². The molecule has 0 aromatic carbocycles. The van der Waals surface area contributed by atoms with E-state index in [1.807, 2.05) is 0 Å². The number of ketones is 2. The van der Waals surface area contributed by atoms with Crippen LogP contribution in [0.2, 0.25) is 0 Å². The van der Waals surface area contributed by atoms with Gasteiger partial charge in [-0.2, -0.15) is 0 Å². The van der Waals surface area contributed by atoms with Gasteiger partial charge >= 0.3 is 5.97 Å². The number of carboxylic acids is 1. The molecule has 1 unspecified atom stereocenters. The van der Waals surface area contributed by atoms with E-state index in [1.165, 1.54) is 109 Å². The average molecular weight is 674 g/mol. The van der Waals surface area contributed by atoms with Crippen LogP contribution in [0, 0.1) is 5.92 Å². The molecule has 2 N–H and O–H groups in total. The monoisotopic (exact) mass is 674 g/mol. The number of carbonyl (C=O) groups excluding carboxylic acids is 3. The Labute approximate surface area is 295 Å². The minimum Gasteiger partial charge on any atom is -0.481 e. The lowest BCUT2D eigenvalue weighted by Gasteiger charge is -2.16. The number of carboxylic acid groups (broad SMARTS) is 1. The minimum atomic E-state index is -1.20. The molecule has 0 aliphatic rings. The number of allylic oxidation sites excluding steroid dienone is 4. The summed E-state index contributed by atoms with van der Waals surface area (Å²) in [7, 11) is 0. The van der Waals surface area contributed by atoms with Crippen LogP contribution in [0.25, 0.3) is 0 Å². The summed E-state index contributed by atoms with van der Waals surface area (Å²) in [6.45, 7) is 4.54. The van der Waals surface area contributed by atoms with Gasteiger partial charge in [0.2, 0.25) is 5.91 Å². The Bertz CT molecular complexity index is 849. The molecule has 48 heavy (non-hydrogen) atoms. The normalized spacial score (nSPS) is 12.2. The SMILES string of the molecule is CCCCCCCCC=CCCCCCCCC(=O)CC(CNC(=O)CC(=O)O)C(=O)CCCCCCCC=CCCCCCCCC. The number of carbonyl (C=O) groups is 4. The van der Waals surface area contributed by atoms with Crippen LogP contribution in [-0.2, 0) is 19.2 Å². The summed E-state index contributed by atoms with van der Waals surface area (Å²) in [5.74, 6) is -2.34. The number of nitrogens with one attached hydrogen (secondary N) is 1. The fourth-order valence-electron chi connectivity index (χ4n) is 6.08. The van der Waals surface area contributed by atoms with E-state index < -0.39 is 24.2 Å². The standard InChI is InChI=1S/C42H75NO5/c1-3-5-7-9-11-13-15-17-19-21-23-25-27-29-31-33-39(44)35-38(37-43-41(46)36-42(47)48)40(45)34-32-30-28-26-24-22-20-18-16-14-12-10-8-6-4-2/h17-20,38H,3-16,21-37H2,1-2H3,(H,43,46)(H,47,48). The topological polar surface area (TPSA) is 101 Å². The predicted octanol–water partition coefficient (Wildman–Crippen LogP) is 11.8. The second-order valence-corrected chi connectivity index (χ2v) is 13.9. The van der Waals surface area contributed by atoms with Crippen LogP contribution >= 0.6 is 0 Å². The van der Waals surface area contributed by atoms with Crippen LogP contribution in [0.1, 0.15) is 206 Å². The molecule has 0 bridgehead atoms. The van der Waals surface area contributed by atoms with Crippen LogP contribution < -0.4 is 5.32 Å². The molecule has 0 spiro atoms. The van der Waals surface area contributed by atoms with E-state index >= 15 is 0 Å². The maximum Gasteiger partial charge on any atom is 0.312 e. The lowest BCUT2D eigenvalue weighted by molar-refractivity contribution is -0.140. The van der Waals surface area contributed by atoms with Crippen molar-refractivity contribution in [3.8, 4) is 0 Å². The van der Waals surface area contributed by atoms with Crippen LogP contribution in [-0.4, -0.2) is 35.1 Å². The zero-order valence-corrected chi connectivity index (χ0v) is 31.4. The smallest absolute Gasteiger partial charge is 0.312 e. The zero-order valence-electron chi connectivity index (χ0n) is 31.4. The molecule has 0 radical (unpaired) electrons. The fraction of sp³-hybridized carbons (Fsp3) is 0.810. The Morgan fingerprint density at radius 2 is 0.896 bits per heavy atom. The molecule has 1 atom stereocenters. The molecule has 0 aliphatic heterocycles. The van der Waals surface area contributed by atoms with Crippen molar-refractivity contribution in [3.63, 3.8) is 0 Å². The summed E-state index contributed by atoms with van der Waals surface area (Å²) in [6, 6.07) is 0. The van der Waals surface area contributed by atoms with Gasteiger partial charge in [0.05, 0.1) is 0 Å². The number of unbranched alkanes of at least 4 members (excludes halogenated alkanes) is 22. The molecular formula is C42H75NO5. The minimum absolute atomic E-state index is 0.00107. The molecule has 0 aromatic rings. The Morgan fingerprint density at radius 3 is 1.31 bits per heavy atom. The van der Waals surface area contributed by atoms with Crippen molar-refractivity contribution >= 4 is 23.4 Å². The average Bonchev–Trinajstić information content (AvgIpc) is 3.06. The number of amides is 1. The first kappa shape index (κ1) is 45.8. The van der Waals surface area contributed by atoms with Crippen LogP contribution in [0.3, 0.4) is 0 Å². The summed E-state index contributed by atoms with van der Waals surface area (Å²) >= 11 is 0. The second kappa shape index (κ2) is 36.1. The van der Waals surface area contributed by atoms with Gasteiger partial charge in [0.15, 0.2) is 0 Å². The highest BCUT2D eigenvalue weighted by Crippen LogP contribution is 2.16. The molecule has 0 rings (SSSR count). The highest BCUT2D eigenvalue weighted by Gasteiger charge is 2.22. The van der Waals surface area contributed by atoms with E-state index in [0.717, 1.165) is 57.8 Å². The number of aliphatic carboxylic acids is 1. The van der Waals surface area contributed by atoms with Gasteiger partial charge in [-0.1, -0.05) is 141 Å². The van der Waals surface area contributed by atoms with Crippen molar-refractivity contribution in [2.75, 3.05) is 6.54 Å². The number of hydrogen-bond acceptors (Lipinski definition) is 4. The number of Topliss-reactive ketones (excluding diaryl/α,β-unsaturated/α-hetero) is 2. The van der Waals surface area contributed by atoms with Crippen LogP contribution in [0.5, 0.6) is 0 Å². The number of rotatable bonds is 37. The second-order valence-electron chi connectivity index (χ2n) is 13.9. The van der Waals surface area contributed by atoms with Crippen molar-refractivity contribution in [2.24, 2.45) is 5.92 Å². The van der Waals surface area contributed by atoms with Crippen molar-refractivity contribution in [1.82, 2.24) is 5.32 Å². The molecule has 0 heterocycles. The van der Waals surface area contributed by atoms with Gasteiger partial charge < -0.3 is 10.4 Å². The summed E-state index contributed by atoms with van der Waals surface area (Å²) in [6.07, 6.45) is 40.8. The largest absolute Gasteiger partial charge is 0.481 e. The highest BCUT2D eigenvalue weighted by atomic mass is 16.4. The molecule has 0 fully saturated rings. The maximum atomic E-state index is 13.0. The lowest BCUT2D eigenvalue weighted by atomic mass is 9.92. The summed E-state index contributed by atoms with van der Waals surface area (Å²) < 4.78 is 0. The van der Waals surface area contributed by atoms with E-state index in [4.69, 9.17) is 5.11 Å². The quantitative estimate of drug-likeness (QED) is 0.0388. The molecule has 0 saturated carbocycles. The third-order valence-electron chi connectivity index (χ3n) is 9.19. The van der Waals surface area contributed by atoms with Crippen LogP contribution in [0.4, 0.5) is 0 Å². The van der Waals surface area contributed by atoms with Crippen LogP contribution in [0.15, 0.2) is 24.3 Å². The molecule has 0 aliphatic carbocycles. The van der Waals surface area contributed by atoms with Gasteiger partial charge in [-0.15, -0.1) is 0 Å². The number of hydrogen-bond donors (Lipinski definition) is 2. The fourth-order valence-corrected chi connectivity index (χ4v) is 6.08. The molecule has 6 nitrogen and oxygen atoms in total. The van der Waals surface area contributed by atoms with Gasteiger partial charge in [0.1, 0.15) is 18.0 Å². The van der Waals surface area contributed by atoms with E-state index in [1.54, 1.807) is 0 Å². The van der Waals surface area contributed by atoms with Crippen molar-refractivity contribution in [2.45, 2.75) is 206 Å². The van der Waals surface area contributed by atoms with Crippen molar-refractivity contribution in [3.05, 3.63) is 24.3 Å². The van der Waals surface area contributed by atoms with E-state index in [0.29, 0.717) is 12.8 Å². The first-order valence-corrected chi connectivity index (χ1v) is 20.2. The molecule has 0 saturated heterocycles. The van der Waals surface area contributed by atoms with Gasteiger partial charge in [-0.3, -0.25) is 19.2 Å². The third-order valence-corrected chi connectivity index (χ3v) is 9.19. The molecule has 1 amide bonds.